The number of alkyl halides is 1. The maximum absolute atomic E-state index is 5.69. The Morgan fingerprint density at radius 1 is 1.50 bits per heavy atom. The van der Waals surface area contributed by atoms with Crippen molar-refractivity contribution >= 4 is 31.9 Å². The van der Waals surface area contributed by atoms with E-state index in [2.05, 4.69) is 37.9 Å². The predicted molar refractivity (Wildman–Crippen MR) is 56.1 cm³/mol. The maximum Gasteiger partial charge on any atom is 0.137 e. The standard InChI is InChI=1S/C9H8Br2O/c10-5-7-4-6-2-1-3-8(11)9(6)12-7/h1-3,7H,4-5H2/t7-/m1/s1. The van der Waals surface area contributed by atoms with E-state index >= 15 is 0 Å². The van der Waals surface area contributed by atoms with Gasteiger partial charge in [-0.1, -0.05) is 28.1 Å². The number of hydrogen-bond donors (Lipinski definition) is 0. The van der Waals surface area contributed by atoms with Gasteiger partial charge in [0.05, 0.1) is 4.47 Å². The molecule has 0 N–H and O–H groups in total. The van der Waals surface area contributed by atoms with Crippen molar-refractivity contribution in [2.24, 2.45) is 0 Å². The first-order chi connectivity index (χ1) is 5.81. The van der Waals surface area contributed by atoms with E-state index in [0.717, 1.165) is 22.0 Å². The van der Waals surface area contributed by atoms with E-state index in [9.17, 15) is 0 Å². The minimum atomic E-state index is 0.304. The van der Waals surface area contributed by atoms with Gasteiger partial charge in [0.15, 0.2) is 0 Å². The third-order valence-corrected chi connectivity index (χ3v) is 3.30. The number of para-hydroxylation sites is 1. The minimum Gasteiger partial charge on any atom is -0.488 e. The Hall–Kier alpha value is -0.0200. The molecule has 0 saturated carbocycles. The summed E-state index contributed by atoms with van der Waals surface area (Å²) in [4.78, 5) is 0. The van der Waals surface area contributed by atoms with Gasteiger partial charge in [0.25, 0.3) is 0 Å². The van der Waals surface area contributed by atoms with E-state index in [1.807, 2.05) is 12.1 Å². The molecule has 0 unspecified atom stereocenters. The van der Waals surface area contributed by atoms with Gasteiger partial charge in [-0.05, 0) is 27.6 Å². The van der Waals surface area contributed by atoms with Crippen LogP contribution < -0.4 is 4.74 Å². The number of ether oxygens (including phenoxy) is 1. The van der Waals surface area contributed by atoms with Crippen LogP contribution in [0.3, 0.4) is 0 Å². The fourth-order valence-corrected chi connectivity index (χ4v) is 2.25. The molecule has 0 saturated heterocycles. The van der Waals surface area contributed by atoms with E-state index in [4.69, 9.17) is 4.74 Å². The monoisotopic (exact) mass is 290 g/mol. The highest BCUT2D eigenvalue weighted by Gasteiger charge is 2.23. The van der Waals surface area contributed by atoms with Crippen molar-refractivity contribution in [3.8, 4) is 5.75 Å². The number of halogens is 2. The van der Waals surface area contributed by atoms with E-state index in [1.165, 1.54) is 5.56 Å². The molecule has 0 aromatic heterocycles. The Labute approximate surface area is 88.4 Å². The number of rotatable bonds is 1. The minimum absolute atomic E-state index is 0.304. The van der Waals surface area contributed by atoms with Gasteiger partial charge in [0.2, 0.25) is 0 Å². The molecule has 1 heterocycles. The third-order valence-electron chi connectivity index (χ3n) is 1.95. The smallest absolute Gasteiger partial charge is 0.137 e. The number of hydrogen-bond acceptors (Lipinski definition) is 1. The quantitative estimate of drug-likeness (QED) is 0.722. The summed E-state index contributed by atoms with van der Waals surface area (Å²) in [5.74, 6) is 1.02. The average molecular weight is 292 g/mol. The van der Waals surface area contributed by atoms with Crippen LogP contribution in [0.4, 0.5) is 0 Å². The molecule has 1 aromatic carbocycles. The van der Waals surface area contributed by atoms with Gasteiger partial charge in [-0.3, -0.25) is 0 Å². The first-order valence-corrected chi connectivity index (χ1v) is 5.72. The van der Waals surface area contributed by atoms with E-state index < -0.39 is 0 Å². The molecule has 0 radical (unpaired) electrons. The van der Waals surface area contributed by atoms with Crippen LogP contribution in [0.2, 0.25) is 0 Å². The molecule has 0 aliphatic carbocycles. The summed E-state index contributed by atoms with van der Waals surface area (Å²) >= 11 is 6.88. The van der Waals surface area contributed by atoms with Crippen LogP contribution >= 0.6 is 31.9 Å². The predicted octanol–water partition coefficient (Wildman–Crippen LogP) is 3.15. The van der Waals surface area contributed by atoms with Crippen molar-refractivity contribution in [3.63, 3.8) is 0 Å². The topological polar surface area (TPSA) is 9.23 Å². The lowest BCUT2D eigenvalue weighted by Gasteiger charge is -2.06. The Kier molecular flexibility index (Phi) is 2.42. The lowest BCUT2D eigenvalue weighted by Crippen LogP contribution is -2.13. The van der Waals surface area contributed by atoms with Gasteiger partial charge in [-0.25, -0.2) is 0 Å². The first-order valence-electron chi connectivity index (χ1n) is 3.81. The van der Waals surface area contributed by atoms with Crippen LogP contribution in [-0.4, -0.2) is 11.4 Å². The zero-order valence-corrected chi connectivity index (χ0v) is 9.56. The van der Waals surface area contributed by atoms with Crippen molar-refractivity contribution in [3.05, 3.63) is 28.2 Å². The van der Waals surface area contributed by atoms with Gasteiger partial charge < -0.3 is 4.74 Å². The SMILES string of the molecule is BrC[C@H]1Cc2cccc(Br)c2O1. The molecule has 64 valence electrons. The summed E-state index contributed by atoms with van der Waals surface area (Å²) in [5.41, 5.74) is 1.30. The van der Waals surface area contributed by atoms with Crippen molar-refractivity contribution in [2.75, 3.05) is 5.33 Å². The molecule has 2 rings (SSSR count). The highest BCUT2D eigenvalue weighted by atomic mass is 79.9. The van der Waals surface area contributed by atoms with E-state index in [-0.39, 0.29) is 0 Å². The number of benzene rings is 1. The van der Waals surface area contributed by atoms with Gasteiger partial charge >= 0.3 is 0 Å². The molecular weight excluding hydrogens is 284 g/mol. The molecule has 1 aliphatic rings. The number of fused-ring (bicyclic) bond motifs is 1. The van der Waals surface area contributed by atoms with Gasteiger partial charge in [-0.2, -0.15) is 0 Å². The summed E-state index contributed by atoms with van der Waals surface area (Å²) in [6, 6.07) is 6.17. The molecule has 3 heteroatoms. The molecule has 0 spiro atoms. The molecule has 1 aromatic rings. The van der Waals surface area contributed by atoms with Gasteiger partial charge in [-0.15, -0.1) is 0 Å². The summed E-state index contributed by atoms with van der Waals surface area (Å²) < 4.78 is 6.75. The van der Waals surface area contributed by atoms with Crippen LogP contribution in [0.1, 0.15) is 5.56 Å². The molecule has 0 bridgehead atoms. The second kappa shape index (κ2) is 3.38. The molecule has 1 atom stereocenters. The largest absolute Gasteiger partial charge is 0.488 e. The molecule has 1 nitrogen and oxygen atoms in total. The second-order valence-corrected chi connectivity index (χ2v) is 4.33. The first kappa shape index (κ1) is 8.57. The van der Waals surface area contributed by atoms with Crippen molar-refractivity contribution in [1.29, 1.82) is 0 Å². The highest BCUT2D eigenvalue weighted by Crippen LogP contribution is 2.36. The Morgan fingerprint density at radius 2 is 2.33 bits per heavy atom. The Morgan fingerprint density at radius 3 is 3.00 bits per heavy atom. The fraction of sp³-hybridized carbons (Fsp3) is 0.333. The van der Waals surface area contributed by atoms with Crippen LogP contribution in [0.5, 0.6) is 5.75 Å². The second-order valence-electron chi connectivity index (χ2n) is 2.83. The zero-order chi connectivity index (χ0) is 8.55. The molecule has 0 amide bonds. The summed E-state index contributed by atoms with van der Waals surface area (Å²) in [7, 11) is 0. The van der Waals surface area contributed by atoms with Crippen molar-refractivity contribution in [1.82, 2.24) is 0 Å². The van der Waals surface area contributed by atoms with Crippen molar-refractivity contribution < 1.29 is 4.74 Å². The highest BCUT2D eigenvalue weighted by molar-refractivity contribution is 9.10. The van der Waals surface area contributed by atoms with Crippen molar-refractivity contribution in [2.45, 2.75) is 12.5 Å². The zero-order valence-electron chi connectivity index (χ0n) is 6.39. The maximum atomic E-state index is 5.69. The van der Waals surface area contributed by atoms with Gasteiger partial charge in [0.1, 0.15) is 11.9 Å². The van der Waals surface area contributed by atoms with E-state index in [1.54, 1.807) is 0 Å². The third kappa shape index (κ3) is 1.40. The Balaban J connectivity index is 2.35. The molecule has 1 aliphatic heterocycles. The summed E-state index contributed by atoms with van der Waals surface area (Å²) in [6.07, 6.45) is 1.32. The fourth-order valence-electron chi connectivity index (χ4n) is 1.39. The van der Waals surface area contributed by atoms with Crippen LogP contribution in [0.25, 0.3) is 0 Å². The summed E-state index contributed by atoms with van der Waals surface area (Å²) in [6.45, 7) is 0. The normalized spacial score (nSPS) is 20.3. The van der Waals surface area contributed by atoms with E-state index in [0.29, 0.717) is 6.10 Å². The van der Waals surface area contributed by atoms with Gasteiger partial charge in [0, 0.05) is 11.8 Å². The van der Waals surface area contributed by atoms with Crippen LogP contribution in [-0.2, 0) is 6.42 Å². The lowest BCUT2D eigenvalue weighted by atomic mass is 10.1. The van der Waals surface area contributed by atoms with Crippen LogP contribution in [0, 0.1) is 0 Å². The average Bonchev–Trinajstić information content (AvgIpc) is 2.49. The molecule has 12 heavy (non-hydrogen) atoms. The summed E-state index contributed by atoms with van der Waals surface area (Å²) in [5, 5.41) is 0.897. The molecule has 0 fully saturated rings. The Bertz CT molecular complexity index is 299. The molecular formula is C9H8Br2O. The van der Waals surface area contributed by atoms with Crippen LogP contribution in [0.15, 0.2) is 22.7 Å². The lowest BCUT2D eigenvalue weighted by molar-refractivity contribution is 0.259.